The highest BCUT2D eigenvalue weighted by molar-refractivity contribution is 7.26. The summed E-state index contributed by atoms with van der Waals surface area (Å²) in [4.78, 5) is 26.0. The molecule has 1 N–H and O–H groups in total. The second-order valence-electron chi connectivity index (χ2n) is 6.68. The van der Waals surface area contributed by atoms with Gasteiger partial charge in [-0.2, -0.15) is 5.10 Å². The zero-order chi connectivity index (χ0) is 19.7. The number of thiophene rings is 1. The lowest BCUT2D eigenvalue weighted by Crippen LogP contribution is -2.39. The fraction of sp³-hybridized carbons (Fsp3) is 0.286. The van der Waals surface area contributed by atoms with E-state index in [2.05, 4.69) is 10.4 Å². The Morgan fingerprint density at radius 3 is 2.86 bits per heavy atom. The first kappa shape index (κ1) is 18.4. The number of carbonyl (C=O) groups is 1. The molecule has 1 amide bonds. The first-order valence-corrected chi connectivity index (χ1v) is 10.1. The molecule has 28 heavy (non-hydrogen) atoms. The molecule has 144 valence electrons. The summed E-state index contributed by atoms with van der Waals surface area (Å²) in [6.07, 6.45) is 2.69. The van der Waals surface area contributed by atoms with E-state index in [0.29, 0.717) is 24.8 Å². The Morgan fingerprint density at radius 2 is 2.11 bits per heavy atom. The van der Waals surface area contributed by atoms with Crippen molar-refractivity contribution in [1.82, 2.24) is 15.1 Å². The van der Waals surface area contributed by atoms with Gasteiger partial charge in [0, 0.05) is 23.1 Å². The van der Waals surface area contributed by atoms with Crippen LogP contribution in [0, 0.1) is 6.92 Å². The average Bonchev–Trinajstić information content (AvgIpc) is 3.34. The van der Waals surface area contributed by atoms with Gasteiger partial charge in [0.1, 0.15) is 11.8 Å². The van der Waals surface area contributed by atoms with E-state index >= 15 is 0 Å². The minimum Gasteiger partial charge on any atom is -0.469 e. The molecule has 0 spiro atoms. The topological polar surface area (TPSA) is 77.1 Å². The minimum absolute atomic E-state index is 0.207. The standard InChI is InChI=1S/C21H21N3O3S/c1-3-16(20(25)22-11-10-14-7-6-12-27-14)24-21(26)18-15-8-4-5-9-17(15)28-19(18)13(2)23-24/h4-9,12,16H,3,10-11H2,1-2H3,(H,22,25)/t16-/m0/s1. The summed E-state index contributed by atoms with van der Waals surface area (Å²) < 4.78 is 8.56. The molecule has 0 aliphatic rings. The van der Waals surface area contributed by atoms with Crippen molar-refractivity contribution in [2.45, 2.75) is 32.7 Å². The lowest BCUT2D eigenvalue weighted by atomic mass is 10.1. The number of benzene rings is 1. The van der Waals surface area contributed by atoms with Crippen LogP contribution in [0.25, 0.3) is 20.2 Å². The van der Waals surface area contributed by atoms with Crippen LogP contribution in [-0.2, 0) is 11.2 Å². The number of aryl methyl sites for hydroxylation is 1. The summed E-state index contributed by atoms with van der Waals surface area (Å²) in [5, 5.41) is 8.95. The van der Waals surface area contributed by atoms with Crippen molar-refractivity contribution in [1.29, 1.82) is 0 Å². The van der Waals surface area contributed by atoms with Gasteiger partial charge in [0.25, 0.3) is 5.56 Å². The zero-order valence-corrected chi connectivity index (χ0v) is 16.6. The Kier molecular flexibility index (Phi) is 5.00. The molecule has 7 heteroatoms. The Hall–Kier alpha value is -2.93. The molecule has 0 saturated heterocycles. The van der Waals surface area contributed by atoms with Crippen LogP contribution in [0.3, 0.4) is 0 Å². The quantitative estimate of drug-likeness (QED) is 0.538. The fourth-order valence-electron chi connectivity index (χ4n) is 3.44. The first-order chi connectivity index (χ1) is 13.6. The maximum Gasteiger partial charge on any atom is 0.276 e. The summed E-state index contributed by atoms with van der Waals surface area (Å²) in [5.74, 6) is 0.604. The van der Waals surface area contributed by atoms with Crippen molar-refractivity contribution >= 4 is 37.4 Å². The summed E-state index contributed by atoms with van der Waals surface area (Å²) >= 11 is 1.56. The van der Waals surface area contributed by atoms with E-state index in [0.717, 1.165) is 26.2 Å². The fourth-order valence-corrected chi connectivity index (χ4v) is 4.58. The molecule has 1 aromatic carbocycles. The van der Waals surface area contributed by atoms with Gasteiger partial charge in [-0.05, 0) is 31.5 Å². The van der Waals surface area contributed by atoms with E-state index in [9.17, 15) is 9.59 Å². The van der Waals surface area contributed by atoms with Crippen molar-refractivity contribution in [3.63, 3.8) is 0 Å². The highest BCUT2D eigenvalue weighted by atomic mass is 32.1. The van der Waals surface area contributed by atoms with Gasteiger partial charge in [0.15, 0.2) is 0 Å². The number of rotatable bonds is 6. The van der Waals surface area contributed by atoms with E-state index in [-0.39, 0.29) is 11.5 Å². The van der Waals surface area contributed by atoms with Crippen LogP contribution < -0.4 is 10.9 Å². The summed E-state index contributed by atoms with van der Waals surface area (Å²) in [6.45, 7) is 4.21. The molecule has 0 unspecified atom stereocenters. The number of aromatic nitrogens is 2. The number of fused-ring (bicyclic) bond motifs is 3. The predicted molar refractivity (Wildman–Crippen MR) is 111 cm³/mol. The van der Waals surface area contributed by atoms with Gasteiger partial charge >= 0.3 is 0 Å². The molecular formula is C21H21N3O3S. The van der Waals surface area contributed by atoms with Crippen molar-refractivity contribution in [2.75, 3.05) is 6.54 Å². The Morgan fingerprint density at radius 1 is 1.29 bits per heavy atom. The van der Waals surface area contributed by atoms with Gasteiger partial charge in [-0.1, -0.05) is 25.1 Å². The molecule has 3 heterocycles. The first-order valence-electron chi connectivity index (χ1n) is 9.31. The van der Waals surface area contributed by atoms with E-state index in [1.165, 1.54) is 4.68 Å². The molecule has 0 aliphatic heterocycles. The average molecular weight is 395 g/mol. The smallest absolute Gasteiger partial charge is 0.276 e. The number of hydrogen-bond acceptors (Lipinski definition) is 5. The number of nitrogens with zero attached hydrogens (tertiary/aromatic N) is 2. The largest absolute Gasteiger partial charge is 0.469 e. The van der Waals surface area contributed by atoms with Crippen molar-refractivity contribution in [3.05, 3.63) is 64.5 Å². The predicted octanol–water partition coefficient (Wildman–Crippen LogP) is 3.82. The van der Waals surface area contributed by atoms with Crippen molar-refractivity contribution in [3.8, 4) is 0 Å². The maximum atomic E-state index is 13.2. The highest BCUT2D eigenvalue weighted by Gasteiger charge is 2.24. The lowest BCUT2D eigenvalue weighted by molar-refractivity contribution is -0.124. The Bertz CT molecular complexity index is 1190. The normalized spacial score (nSPS) is 12.5. The van der Waals surface area contributed by atoms with Gasteiger partial charge in [-0.25, -0.2) is 4.68 Å². The Balaban J connectivity index is 1.67. The molecule has 0 fully saturated rings. The number of amides is 1. The summed E-state index contributed by atoms with van der Waals surface area (Å²) in [5.41, 5.74) is 0.545. The van der Waals surface area contributed by atoms with E-state index in [4.69, 9.17) is 4.42 Å². The second kappa shape index (κ2) is 7.59. The van der Waals surface area contributed by atoms with Crippen LogP contribution in [0.4, 0.5) is 0 Å². The van der Waals surface area contributed by atoms with Crippen LogP contribution in [0.2, 0.25) is 0 Å². The molecule has 0 saturated carbocycles. The van der Waals surface area contributed by atoms with Crippen LogP contribution in [-0.4, -0.2) is 22.2 Å². The number of carbonyl (C=O) groups excluding carboxylic acids is 1. The van der Waals surface area contributed by atoms with Crippen molar-refractivity contribution < 1.29 is 9.21 Å². The van der Waals surface area contributed by atoms with Crippen LogP contribution in [0.1, 0.15) is 30.8 Å². The number of nitrogens with one attached hydrogen (secondary N) is 1. The molecule has 1 atom stereocenters. The molecule has 0 aliphatic carbocycles. The van der Waals surface area contributed by atoms with Gasteiger partial charge < -0.3 is 9.73 Å². The molecule has 3 aromatic heterocycles. The molecule has 0 bridgehead atoms. The third kappa shape index (κ3) is 3.22. The zero-order valence-electron chi connectivity index (χ0n) is 15.8. The van der Waals surface area contributed by atoms with Gasteiger partial charge in [-0.3, -0.25) is 9.59 Å². The van der Waals surface area contributed by atoms with E-state index in [1.807, 2.05) is 50.2 Å². The van der Waals surface area contributed by atoms with Crippen LogP contribution in [0.5, 0.6) is 0 Å². The van der Waals surface area contributed by atoms with E-state index in [1.54, 1.807) is 17.6 Å². The summed E-state index contributed by atoms with van der Waals surface area (Å²) in [6, 6.07) is 10.9. The number of furan rings is 1. The maximum absolute atomic E-state index is 13.2. The third-order valence-electron chi connectivity index (χ3n) is 4.84. The molecule has 6 nitrogen and oxygen atoms in total. The highest BCUT2D eigenvalue weighted by Crippen LogP contribution is 2.33. The third-order valence-corrected chi connectivity index (χ3v) is 6.12. The second-order valence-corrected chi connectivity index (χ2v) is 7.73. The Labute approximate surface area is 165 Å². The SMILES string of the molecule is CC[C@@H](C(=O)NCCc1ccco1)n1nc(C)c2sc3ccccc3c2c1=O. The van der Waals surface area contributed by atoms with Crippen LogP contribution >= 0.6 is 11.3 Å². The monoisotopic (exact) mass is 395 g/mol. The minimum atomic E-state index is -0.647. The van der Waals surface area contributed by atoms with E-state index < -0.39 is 6.04 Å². The van der Waals surface area contributed by atoms with Gasteiger partial charge in [0.05, 0.1) is 22.0 Å². The summed E-state index contributed by atoms with van der Waals surface area (Å²) in [7, 11) is 0. The molecule has 4 rings (SSSR count). The number of hydrogen-bond donors (Lipinski definition) is 1. The molecular weight excluding hydrogens is 374 g/mol. The van der Waals surface area contributed by atoms with Crippen LogP contribution in [0.15, 0.2) is 51.9 Å². The molecule has 0 radical (unpaired) electrons. The van der Waals surface area contributed by atoms with Gasteiger partial charge in [0.2, 0.25) is 5.91 Å². The molecule has 4 aromatic rings. The lowest BCUT2D eigenvalue weighted by Gasteiger charge is -2.17. The van der Waals surface area contributed by atoms with Gasteiger partial charge in [-0.15, -0.1) is 11.3 Å². The van der Waals surface area contributed by atoms with Crippen molar-refractivity contribution in [2.24, 2.45) is 0 Å².